The lowest BCUT2D eigenvalue weighted by molar-refractivity contribution is -0.134. The van der Waals surface area contributed by atoms with Crippen molar-refractivity contribution >= 4 is 5.91 Å². The first kappa shape index (κ1) is 17.2. The molecule has 8 heteroatoms. The molecular weight excluding hydrogens is 334 g/mol. The molecule has 0 aliphatic carbocycles. The summed E-state index contributed by atoms with van der Waals surface area (Å²) in [6.45, 7) is 6.74. The molecule has 2 aromatic rings. The van der Waals surface area contributed by atoms with Gasteiger partial charge in [-0.15, -0.1) is 0 Å². The minimum Gasteiger partial charge on any atom is -0.379 e. The van der Waals surface area contributed by atoms with E-state index in [1.807, 2.05) is 23.2 Å². The van der Waals surface area contributed by atoms with Gasteiger partial charge in [0.25, 0.3) is 0 Å². The van der Waals surface area contributed by atoms with Gasteiger partial charge in [-0.25, -0.2) is 0 Å². The first-order chi connectivity index (χ1) is 12.7. The number of fused-ring (bicyclic) bond motifs is 3. The molecule has 2 atom stereocenters. The van der Waals surface area contributed by atoms with Crippen LogP contribution in [0.5, 0.6) is 0 Å². The second-order valence-electron chi connectivity index (χ2n) is 7.14. The van der Waals surface area contributed by atoms with Crippen molar-refractivity contribution in [2.45, 2.75) is 32.5 Å². The summed E-state index contributed by atoms with van der Waals surface area (Å²) in [5.41, 5.74) is 0.981. The third kappa shape index (κ3) is 3.81. The van der Waals surface area contributed by atoms with Crippen LogP contribution in [-0.2, 0) is 29.0 Å². The smallest absolute Gasteiger partial charge is 0.244 e. The number of ether oxygens (including phenoxy) is 1. The van der Waals surface area contributed by atoms with Crippen molar-refractivity contribution in [3.63, 3.8) is 0 Å². The number of hydrogen-bond acceptors (Lipinski definition) is 6. The Morgan fingerprint density at radius 2 is 2.23 bits per heavy atom. The van der Waals surface area contributed by atoms with Crippen LogP contribution < -0.4 is 0 Å². The predicted octanol–water partition coefficient (Wildman–Crippen LogP) is 0.793. The number of hydrogen-bond donors (Lipinski definition) is 0. The average molecular weight is 359 g/mol. The number of rotatable bonds is 5. The van der Waals surface area contributed by atoms with Gasteiger partial charge in [0.15, 0.2) is 5.76 Å². The molecule has 26 heavy (non-hydrogen) atoms. The molecule has 2 aliphatic heterocycles. The molecule has 4 heterocycles. The summed E-state index contributed by atoms with van der Waals surface area (Å²) in [5, 5.41) is 8.23. The summed E-state index contributed by atoms with van der Waals surface area (Å²) in [6.07, 6.45) is 4.39. The lowest BCUT2D eigenvalue weighted by Gasteiger charge is -2.30. The minimum atomic E-state index is 0.0547. The second-order valence-corrected chi connectivity index (χ2v) is 7.14. The van der Waals surface area contributed by atoms with Crippen LogP contribution in [0.3, 0.4) is 0 Å². The number of nitrogens with zero attached hydrogens (tertiary/aromatic N) is 5. The van der Waals surface area contributed by atoms with E-state index >= 15 is 0 Å². The van der Waals surface area contributed by atoms with Gasteiger partial charge in [-0.3, -0.25) is 14.4 Å². The molecule has 1 amide bonds. The second kappa shape index (κ2) is 7.59. The van der Waals surface area contributed by atoms with Crippen LogP contribution in [0.15, 0.2) is 29.0 Å². The Bertz CT molecular complexity index is 729. The van der Waals surface area contributed by atoms with Crippen LogP contribution in [-0.4, -0.2) is 69.5 Å². The van der Waals surface area contributed by atoms with Crippen molar-refractivity contribution < 1.29 is 14.1 Å². The maximum absolute atomic E-state index is 12.8. The van der Waals surface area contributed by atoms with Gasteiger partial charge >= 0.3 is 0 Å². The fourth-order valence-corrected chi connectivity index (χ4v) is 3.82. The van der Waals surface area contributed by atoms with E-state index in [0.29, 0.717) is 19.1 Å². The van der Waals surface area contributed by atoms with Gasteiger partial charge in [0.2, 0.25) is 5.91 Å². The Labute approximate surface area is 152 Å². The van der Waals surface area contributed by atoms with Crippen molar-refractivity contribution in [1.29, 1.82) is 0 Å². The van der Waals surface area contributed by atoms with Gasteiger partial charge in [0.05, 0.1) is 31.5 Å². The summed E-state index contributed by atoms with van der Waals surface area (Å²) in [6, 6.07) is 3.91. The zero-order chi connectivity index (χ0) is 17.9. The first-order valence-corrected chi connectivity index (χ1v) is 9.22. The Kier molecular flexibility index (Phi) is 5.03. The van der Waals surface area contributed by atoms with Gasteiger partial charge in [0, 0.05) is 44.0 Å². The van der Waals surface area contributed by atoms with Crippen molar-refractivity contribution in [3.05, 3.63) is 36.0 Å². The highest BCUT2D eigenvalue weighted by molar-refractivity contribution is 5.76. The zero-order valence-electron chi connectivity index (χ0n) is 15.1. The molecule has 2 saturated heterocycles. The van der Waals surface area contributed by atoms with Crippen LogP contribution in [0.4, 0.5) is 0 Å². The molecule has 4 rings (SSSR count). The summed E-state index contributed by atoms with van der Waals surface area (Å²) in [7, 11) is 0. The van der Waals surface area contributed by atoms with E-state index < -0.39 is 0 Å². The molecule has 0 saturated carbocycles. The number of carbonyl (C=O) groups excluding carboxylic acids is 1. The fraction of sp³-hybridized carbons (Fsp3) is 0.611. The number of carbonyl (C=O) groups is 1. The van der Waals surface area contributed by atoms with Crippen molar-refractivity contribution in [2.75, 3.05) is 32.8 Å². The molecule has 0 spiro atoms. The number of aryl methyl sites for hydroxylation is 1. The van der Waals surface area contributed by atoms with Crippen LogP contribution in [0.1, 0.15) is 18.4 Å². The molecule has 2 aromatic heterocycles. The quantitative estimate of drug-likeness (QED) is 0.786. The van der Waals surface area contributed by atoms with Crippen LogP contribution in [0.25, 0.3) is 0 Å². The Morgan fingerprint density at radius 1 is 1.31 bits per heavy atom. The highest BCUT2D eigenvalue weighted by atomic mass is 16.5. The highest BCUT2D eigenvalue weighted by Gasteiger charge is 2.36. The number of aromatic nitrogens is 3. The van der Waals surface area contributed by atoms with Gasteiger partial charge in [-0.1, -0.05) is 12.1 Å². The molecule has 0 radical (unpaired) electrons. The van der Waals surface area contributed by atoms with Crippen molar-refractivity contribution in [1.82, 2.24) is 24.7 Å². The van der Waals surface area contributed by atoms with E-state index in [2.05, 4.69) is 22.1 Å². The van der Waals surface area contributed by atoms with E-state index in [1.54, 1.807) is 10.9 Å². The lowest BCUT2D eigenvalue weighted by Crippen LogP contribution is -2.47. The maximum Gasteiger partial charge on any atom is 0.244 e. The summed E-state index contributed by atoms with van der Waals surface area (Å²) in [4.78, 5) is 17.2. The van der Waals surface area contributed by atoms with E-state index in [-0.39, 0.29) is 18.5 Å². The summed E-state index contributed by atoms with van der Waals surface area (Å²) < 4.78 is 12.9. The molecular formula is C18H25N5O3. The van der Waals surface area contributed by atoms with E-state index in [4.69, 9.17) is 9.26 Å². The van der Waals surface area contributed by atoms with E-state index in [0.717, 1.165) is 44.1 Å². The average Bonchev–Trinajstić information content (AvgIpc) is 3.20. The largest absolute Gasteiger partial charge is 0.379 e. The molecule has 2 fully saturated rings. The predicted molar refractivity (Wildman–Crippen MR) is 93.2 cm³/mol. The van der Waals surface area contributed by atoms with Crippen molar-refractivity contribution in [3.8, 4) is 0 Å². The third-order valence-corrected chi connectivity index (χ3v) is 5.07. The van der Waals surface area contributed by atoms with Crippen molar-refractivity contribution in [2.24, 2.45) is 5.92 Å². The van der Waals surface area contributed by atoms with Crippen LogP contribution in [0, 0.1) is 5.92 Å². The Morgan fingerprint density at radius 3 is 3.00 bits per heavy atom. The van der Waals surface area contributed by atoms with Crippen LogP contribution in [0.2, 0.25) is 0 Å². The molecule has 2 aliphatic rings. The highest BCUT2D eigenvalue weighted by Crippen LogP contribution is 2.22. The monoisotopic (exact) mass is 359 g/mol. The molecule has 0 N–H and O–H groups in total. The summed E-state index contributed by atoms with van der Waals surface area (Å²) >= 11 is 0. The van der Waals surface area contributed by atoms with E-state index in [1.165, 1.54) is 0 Å². The molecule has 0 aromatic carbocycles. The Hall–Kier alpha value is -2.19. The third-order valence-electron chi connectivity index (χ3n) is 5.07. The lowest BCUT2D eigenvalue weighted by atomic mass is 10.1. The molecule has 8 nitrogen and oxygen atoms in total. The van der Waals surface area contributed by atoms with Gasteiger partial charge < -0.3 is 14.2 Å². The summed E-state index contributed by atoms with van der Waals surface area (Å²) in [5.74, 6) is 1.29. The molecule has 140 valence electrons. The molecule has 0 unspecified atom stereocenters. The van der Waals surface area contributed by atoms with Gasteiger partial charge in [-0.05, 0) is 12.5 Å². The zero-order valence-corrected chi connectivity index (χ0v) is 15.1. The van der Waals surface area contributed by atoms with E-state index in [9.17, 15) is 4.79 Å². The Balaban J connectivity index is 1.45. The van der Waals surface area contributed by atoms with Gasteiger partial charge in [-0.2, -0.15) is 5.10 Å². The standard InChI is InChI=1S/C18H25N5O3/c1-2-15-6-17(26-20-15)10-21-7-14-8-23(16(9-21)13-25-12-14)18(24)11-22-5-3-4-19-22/h3-6,14,16H,2,7-13H2,1H3/t14-,16-/m0/s1. The van der Waals surface area contributed by atoms with Crippen LogP contribution >= 0.6 is 0 Å². The molecule has 2 bridgehead atoms. The number of amides is 1. The fourth-order valence-electron chi connectivity index (χ4n) is 3.82. The minimum absolute atomic E-state index is 0.0547. The topological polar surface area (TPSA) is 76.6 Å². The maximum atomic E-state index is 12.8. The first-order valence-electron chi connectivity index (χ1n) is 9.22. The van der Waals surface area contributed by atoms with Gasteiger partial charge in [0.1, 0.15) is 6.54 Å². The normalized spacial score (nSPS) is 23.8. The SMILES string of the molecule is CCc1cc(CN2C[C@@H]3COC[C@H](C2)N(C(=O)Cn2cccn2)C3)on1.